The number of hydrogen-bond acceptors (Lipinski definition) is 5. The Kier molecular flexibility index (Phi) is 8.67. The van der Waals surface area contributed by atoms with Crippen molar-refractivity contribution < 1.29 is 19.0 Å². The van der Waals surface area contributed by atoms with E-state index in [1.54, 1.807) is 12.1 Å². The highest BCUT2D eigenvalue weighted by Crippen LogP contribution is 2.39. The molecule has 6 heteroatoms. The second-order valence-electron chi connectivity index (χ2n) is 8.20. The maximum Gasteiger partial charge on any atom is 0.254 e. The second-order valence-corrected chi connectivity index (χ2v) is 8.20. The molecule has 2 fully saturated rings. The van der Waals surface area contributed by atoms with Gasteiger partial charge in [-0.25, -0.2) is 0 Å². The summed E-state index contributed by atoms with van der Waals surface area (Å²) in [6.07, 6.45) is 6.89. The van der Waals surface area contributed by atoms with Crippen LogP contribution in [0.3, 0.4) is 0 Å². The minimum atomic E-state index is 0.0391. The summed E-state index contributed by atoms with van der Waals surface area (Å²) in [4.78, 5) is 17.7. The van der Waals surface area contributed by atoms with Gasteiger partial charge in [0.2, 0.25) is 5.75 Å². The summed E-state index contributed by atoms with van der Waals surface area (Å²) < 4.78 is 17.3. The van der Waals surface area contributed by atoms with Gasteiger partial charge in [-0.2, -0.15) is 0 Å². The molecule has 1 aliphatic heterocycles. The maximum absolute atomic E-state index is 13.2. The number of nitrogens with zero attached hydrogens (tertiary/aromatic N) is 2. The van der Waals surface area contributed by atoms with Crippen LogP contribution in [0.25, 0.3) is 0 Å². The Balaban J connectivity index is 1.66. The fraction of sp³-hybridized carbons (Fsp3) is 0.708. The molecule has 168 valence electrons. The van der Waals surface area contributed by atoms with Crippen LogP contribution in [-0.2, 0) is 0 Å². The molecule has 1 aromatic carbocycles. The molecule has 0 aromatic heterocycles. The lowest BCUT2D eigenvalue weighted by Gasteiger charge is -2.37. The Labute approximate surface area is 181 Å². The minimum Gasteiger partial charge on any atom is -0.490 e. The summed E-state index contributed by atoms with van der Waals surface area (Å²) in [6.45, 7) is 11.9. The Morgan fingerprint density at radius 3 is 1.97 bits per heavy atom. The van der Waals surface area contributed by atoms with Crippen molar-refractivity contribution in [2.24, 2.45) is 5.92 Å². The third-order valence-corrected chi connectivity index (χ3v) is 6.06. The molecule has 6 nitrogen and oxygen atoms in total. The molecule has 0 radical (unpaired) electrons. The van der Waals surface area contributed by atoms with Gasteiger partial charge in [0.25, 0.3) is 5.91 Å². The van der Waals surface area contributed by atoms with Gasteiger partial charge in [-0.1, -0.05) is 19.3 Å². The zero-order valence-corrected chi connectivity index (χ0v) is 19.0. The van der Waals surface area contributed by atoms with Crippen molar-refractivity contribution in [3.63, 3.8) is 0 Å². The minimum absolute atomic E-state index is 0.0391. The van der Waals surface area contributed by atoms with E-state index in [2.05, 4.69) is 4.90 Å². The summed E-state index contributed by atoms with van der Waals surface area (Å²) in [5.74, 6) is 2.61. The van der Waals surface area contributed by atoms with Crippen LogP contribution in [-0.4, -0.2) is 68.3 Å². The second kappa shape index (κ2) is 11.4. The SMILES string of the molecule is CCOc1cc(C(=O)N2CCN(CC3CCCCC3)CC2)cc(OCC)c1OCC. The molecule has 0 N–H and O–H groups in total. The Morgan fingerprint density at radius 1 is 0.867 bits per heavy atom. The summed E-state index contributed by atoms with van der Waals surface area (Å²) >= 11 is 0. The van der Waals surface area contributed by atoms with E-state index in [4.69, 9.17) is 14.2 Å². The molecule has 1 amide bonds. The molecule has 1 aliphatic carbocycles. The van der Waals surface area contributed by atoms with Gasteiger partial charge in [0.05, 0.1) is 19.8 Å². The largest absolute Gasteiger partial charge is 0.490 e. The lowest BCUT2D eigenvalue weighted by atomic mass is 9.89. The van der Waals surface area contributed by atoms with E-state index in [1.165, 1.54) is 38.6 Å². The molecule has 1 aromatic rings. The number of rotatable bonds is 9. The van der Waals surface area contributed by atoms with Crippen molar-refractivity contribution in [2.75, 3.05) is 52.5 Å². The van der Waals surface area contributed by atoms with E-state index in [0.717, 1.165) is 32.1 Å². The van der Waals surface area contributed by atoms with Crippen LogP contribution in [0, 0.1) is 5.92 Å². The van der Waals surface area contributed by atoms with Crippen molar-refractivity contribution in [2.45, 2.75) is 52.9 Å². The Morgan fingerprint density at radius 2 is 1.43 bits per heavy atom. The first-order valence-corrected chi connectivity index (χ1v) is 11.7. The number of piperazine rings is 1. The van der Waals surface area contributed by atoms with E-state index in [-0.39, 0.29) is 5.91 Å². The first kappa shape index (κ1) is 22.7. The summed E-state index contributed by atoms with van der Waals surface area (Å²) in [5, 5.41) is 0. The molecule has 3 rings (SSSR count). The van der Waals surface area contributed by atoms with E-state index in [0.29, 0.717) is 42.6 Å². The van der Waals surface area contributed by atoms with Crippen molar-refractivity contribution in [3.8, 4) is 17.2 Å². The molecule has 0 unspecified atom stereocenters. The predicted molar refractivity (Wildman–Crippen MR) is 119 cm³/mol. The molecule has 0 spiro atoms. The van der Waals surface area contributed by atoms with E-state index < -0.39 is 0 Å². The van der Waals surface area contributed by atoms with Gasteiger partial charge >= 0.3 is 0 Å². The topological polar surface area (TPSA) is 51.2 Å². The van der Waals surface area contributed by atoms with Crippen LogP contribution in [0.15, 0.2) is 12.1 Å². The van der Waals surface area contributed by atoms with Crippen LogP contribution < -0.4 is 14.2 Å². The smallest absolute Gasteiger partial charge is 0.254 e. The maximum atomic E-state index is 13.2. The summed E-state index contributed by atoms with van der Waals surface area (Å²) in [7, 11) is 0. The third kappa shape index (κ3) is 5.81. The Hall–Kier alpha value is -1.95. The molecule has 30 heavy (non-hydrogen) atoms. The van der Waals surface area contributed by atoms with Gasteiger partial charge < -0.3 is 19.1 Å². The first-order chi connectivity index (χ1) is 14.7. The lowest BCUT2D eigenvalue weighted by molar-refractivity contribution is 0.0605. The fourth-order valence-electron chi connectivity index (χ4n) is 4.56. The molecule has 0 atom stereocenters. The number of ether oxygens (including phenoxy) is 3. The zero-order chi connectivity index (χ0) is 21.3. The molecule has 1 heterocycles. The van der Waals surface area contributed by atoms with Crippen LogP contribution in [0.1, 0.15) is 63.2 Å². The van der Waals surface area contributed by atoms with E-state index >= 15 is 0 Å². The normalized spacial score (nSPS) is 18.3. The fourth-order valence-corrected chi connectivity index (χ4v) is 4.56. The third-order valence-electron chi connectivity index (χ3n) is 6.06. The van der Waals surface area contributed by atoms with Gasteiger partial charge in [0.1, 0.15) is 0 Å². The van der Waals surface area contributed by atoms with Crippen molar-refractivity contribution in [3.05, 3.63) is 17.7 Å². The van der Waals surface area contributed by atoms with Gasteiger partial charge in [-0.05, 0) is 51.7 Å². The summed E-state index contributed by atoms with van der Waals surface area (Å²) in [6, 6.07) is 3.60. The van der Waals surface area contributed by atoms with Gasteiger partial charge in [0, 0.05) is 38.3 Å². The molecular formula is C24H38N2O4. The Bertz CT molecular complexity index is 653. The van der Waals surface area contributed by atoms with Crippen LogP contribution >= 0.6 is 0 Å². The number of benzene rings is 1. The van der Waals surface area contributed by atoms with Gasteiger partial charge in [-0.3, -0.25) is 9.69 Å². The number of carbonyl (C=O) groups is 1. The quantitative estimate of drug-likeness (QED) is 0.601. The average molecular weight is 419 g/mol. The zero-order valence-electron chi connectivity index (χ0n) is 19.0. The van der Waals surface area contributed by atoms with E-state index in [9.17, 15) is 4.79 Å². The summed E-state index contributed by atoms with van der Waals surface area (Å²) in [5.41, 5.74) is 0.603. The van der Waals surface area contributed by atoms with Crippen LogP contribution in [0.4, 0.5) is 0 Å². The van der Waals surface area contributed by atoms with Crippen molar-refractivity contribution in [1.82, 2.24) is 9.80 Å². The molecule has 1 saturated heterocycles. The first-order valence-electron chi connectivity index (χ1n) is 11.7. The molecular weight excluding hydrogens is 380 g/mol. The predicted octanol–water partition coefficient (Wildman–Crippen LogP) is 4.22. The number of amides is 1. The van der Waals surface area contributed by atoms with Crippen molar-refractivity contribution >= 4 is 5.91 Å². The van der Waals surface area contributed by atoms with E-state index in [1.807, 2.05) is 25.7 Å². The van der Waals surface area contributed by atoms with Crippen molar-refractivity contribution in [1.29, 1.82) is 0 Å². The van der Waals surface area contributed by atoms with Gasteiger partial charge in [0.15, 0.2) is 11.5 Å². The highest BCUT2D eigenvalue weighted by atomic mass is 16.5. The number of hydrogen-bond donors (Lipinski definition) is 0. The molecule has 1 saturated carbocycles. The highest BCUT2D eigenvalue weighted by Gasteiger charge is 2.26. The molecule has 2 aliphatic rings. The monoisotopic (exact) mass is 418 g/mol. The highest BCUT2D eigenvalue weighted by molar-refractivity contribution is 5.95. The van der Waals surface area contributed by atoms with Gasteiger partial charge in [-0.15, -0.1) is 0 Å². The average Bonchev–Trinajstić information content (AvgIpc) is 2.77. The van der Waals surface area contributed by atoms with Crippen LogP contribution in [0.5, 0.6) is 17.2 Å². The lowest BCUT2D eigenvalue weighted by Crippen LogP contribution is -2.49. The van der Waals surface area contributed by atoms with Crippen LogP contribution in [0.2, 0.25) is 0 Å². The number of carbonyl (C=O) groups excluding carboxylic acids is 1. The molecule has 0 bridgehead atoms. The standard InChI is InChI=1S/C24H38N2O4/c1-4-28-21-16-20(17-22(29-5-2)23(21)30-6-3)24(27)26-14-12-25(13-15-26)18-19-10-8-7-9-11-19/h16-17,19H,4-15,18H2,1-3H3.